The Bertz CT molecular complexity index is 165. The van der Waals surface area contributed by atoms with E-state index in [2.05, 4.69) is 13.8 Å². The summed E-state index contributed by atoms with van der Waals surface area (Å²) in [5.41, 5.74) is 0. The topological polar surface area (TPSA) is 68.3 Å². The van der Waals surface area contributed by atoms with Crippen molar-refractivity contribution in [3.05, 3.63) is 13.8 Å². The van der Waals surface area contributed by atoms with Crippen LogP contribution in [0.15, 0.2) is 0 Å². The smallest absolute Gasteiger partial charge is 0.542 e. The minimum atomic E-state index is -0.0625. The van der Waals surface area contributed by atoms with Gasteiger partial charge in [-0.05, 0) is 13.8 Å². The molecular weight excluding hydrogens is 576 g/mol. The molecule has 0 aliphatic rings. The second-order valence-corrected chi connectivity index (χ2v) is 2.34. The van der Waals surface area contributed by atoms with Gasteiger partial charge >= 0.3 is 42.1 Å². The Morgan fingerprint density at radius 3 is 1.00 bits per heavy atom. The molecule has 4 nitrogen and oxygen atoms in total. The number of hydrogen-bond acceptors (Lipinski definition) is 4. The molecule has 0 saturated heterocycles. The molecule has 0 aliphatic carbocycles. The second kappa shape index (κ2) is 43.5. The minimum Gasteiger partial charge on any atom is -0.542 e. The standard InChI is InChI=1S/C5H8O2.C3H6.2C2H3O.2W/c1-4(6)3-5(2)7;1-3-2;2*1-2-3;;/h3H2,1-2H3;1-3H2;2*1H3;;/q;-2;2*-1;2*+2. The zero-order valence-corrected chi connectivity index (χ0v) is 17.1. The maximum atomic E-state index is 10.0. The fourth-order valence-corrected chi connectivity index (χ4v) is 0.351. The zero-order chi connectivity index (χ0) is 14.0. The van der Waals surface area contributed by atoms with Gasteiger partial charge in [0.2, 0.25) is 0 Å². The number of Topliss-reactive ketones (excluding diaryl/α,β-unsaturated/α-hetero) is 2. The first kappa shape index (κ1) is 36.1. The summed E-state index contributed by atoms with van der Waals surface area (Å²) in [4.78, 5) is 37.4. The molecule has 0 atom stereocenters. The molecule has 0 aromatic heterocycles. The maximum Gasteiger partial charge on any atom is 2.00 e. The molecular formula is C12H20O4W2. The fraction of sp³-hybridized carbons (Fsp3) is 0.500. The first-order chi connectivity index (χ1) is 7.37. The third-order valence-corrected chi connectivity index (χ3v) is 0.498. The van der Waals surface area contributed by atoms with E-state index < -0.39 is 0 Å². The van der Waals surface area contributed by atoms with Crippen molar-refractivity contribution < 1.29 is 61.3 Å². The van der Waals surface area contributed by atoms with Crippen LogP contribution >= 0.6 is 0 Å². The molecule has 0 aromatic rings. The van der Waals surface area contributed by atoms with Crippen molar-refractivity contribution in [2.45, 2.75) is 40.5 Å². The quantitative estimate of drug-likeness (QED) is 0.361. The summed E-state index contributed by atoms with van der Waals surface area (Å²) in [6, 6.07) is 0. The van der Waals surface area contributed by atoms with Crippen LogP contribution in [0.4, 0.5) is 0 Å². The molecule has 0 saturated carbocycles. The fourth-order valence-electron chi connectivity index (χ4n) is 0.351. The van der Waals surface area contributed by atoms with Crippen LogP contribution in [0.1, 0.15) is 40.5 Å². The van der Waals surface area contributed by atoms with Gasteiger partial charge in [-0.15, -0.1) is 0 Å². The van der Waals surface area contributed by atoms with E-state index >= 15 is 0 Å². The predicted octanol–water partition coefficient (Wildman–Crippen LogP) is 1.83. The molecule has 0 radical (unpaired) electrons. The summed E-state index contributed by atoms with van der Waals surface area (Å²) in [5, 5.41) is 0. The van der Waals surface area contributed by atoms with Crippen molar-refractivity contribution in [3.8, 4) is 0 Å². The Kier molecular flexibility index (Phi) is 87.3. The van der Waals surface area contributed by atoms with Gasteiger partial charge < -0.3 is 29.9 Å². The van der Waals surface area contributed by atoms with Crippen LogP contribution in [0.25, 0.3) is 0 Å². The van der Waals surface area contributed by atoms with Crippen LogP contribution < -0.4 is 0 Å². The summed E-state index contributed by atoms with van der Waals surface area (Å²) in [7, 11) is 0. The normalized spacial score (nSPS) is 5.67. The van der Waals surface area contributed by atoms with Gasteiger partial charge in [-0.3, -0.25) is 22.2 Å². The second-order valence-electron chi connectivity index (χ2n) is 2.34. The van der Waals surface area contributed by atoms with Crippen molar-refractivity contribution in [1.82, 2.24) is 0 Å². The first-order valence-corrected chi connectivity index (χ1v) is 4.52. The molecule has 0 aliphatic heterocycles. The number of ketones is 2. The van der Waals surface area contributed by atoms with E-state index in [4.69, 9.17) is 9.59 Å². The van der Waals surface area contributed by atoms with E-state index in [-0.39, 0.29) is 60.1 Å². The molecule has 6 heteroatoms. The van der Waals surface area contributed by atoms with Crippen LogP contribution in [0.2, 0.25) is 0 Å². The Morgan fingerprint density at radius 2 is 1.00 bits per heavy atom. The number of rotatable bonds is 2. The number of carbonyl (C=O) groups is 2. The van der Waals surface area contributed by atoms with Gasteiger partial charge in [0.25, 0.3) is 0 Å². The molecule has 0 rings (SSSR count). The van der Waals surface area contributed by atoms with E-state index in [0.717, 1.165) is 6.42 Å². The van der Waals surface area contributed by atoms with Crippen LogP contribution in [0.5, 0.6) is 0 Å². The van der Waals surface area contributed by atoms with E-state index in [1.54, 1.807) is 0 Å². The molecule has 18 heavy (non-hydrogen) atoms. The third-order valence-electron chi connectivity index (χ3n) is 0.498. The van der Waals surface area contributed by atoms with Gasteiger partial charge in [0.15, 0.2) is 0 Å². The molecule has 0 heterocycles. The molecule has 0 N–H and O–H groups in total. The molecule has 0 fully saturated rings. The van der Waals surface area contributed by atoms with Crippen LogP contribution in [0.3, 0.4) is 0 Å². The van der Waals surface area contributed by atoms with Gasteiger partial charge in [-0.25, -0.2) is 0 Å². The van der Waals surface area contributed by atoms with E-state index in [1.165, 1.54) is 40.3 Å². The summed E-state index contributed by atoms with van der Waals surface area (Å²) in [6.07, 6.45) is 3.83. The molecule has 0 spiro atoms. The number of hydrogen-bond donors (Lipinski definition) is 0. The van der Waals surface area contributed by atoms with Crippen molar-refractivity contribution in [3.63, 3.8) is 0 Å². The average molecular weight is 596 g/mol. The SMILES string of the molecule is CC(=O)CC(C)=O.C[C-]=O.C[C-]=O.[CH2-]C[CH2-].[W+2].[W+2]. The summed E-state index contributed by atoms with van der Waals surface area (Å²) in [5.74, 6) is -0.125. The van der Waals surface area contributed by atoms with Gasteiger partial charge in [-0.1, -0.05) is 0 Å². The van der Waals surface area contributed by atoms with Gasteiger partial charge in [0.05, 0.1) is 6.42 Å². The summed E-state index contributed by atoms with van der Waals surface area (Å²) < 4.78 is 0. The van der Waals surface area contributed by atoms with E-state index in [0.29, 0.717) is 0 Å². The van der Waals surface area contributed by atoms with Crippen molar-refractivity contribution in [2.24, 2.45) is 0 Å². The molecule has 0 aromatic carbocycles. The largest absolute Gasteiger partial charge is 2.00 e. The van der Waals surface area contributed by atoms with Crippen molar-refractivity contribution in [1.29, 1.82) is 0 Å². The Hall–Kier alpha value is 0.0566. The van der Waals surface area contributed by atoms with Crippen molar-refractivity contribution in [2.75, 3.05) is 0 Å². The van der Waals surface area contributed by atoms with E-state index in [1.807, 2.05) is 0 Å². The third kappa shape index (κ3) is 221. The van der Waals surface area contributed by atoms with Gasteiger partial charge in [0.1, 0.15) is 11.6 Å². The van der Waals surface area contributed by atoms with Gasteiger partial charge in [-0.2, -0.15) is 13.8 Å². The first-order valence-electron chi connectivity index (χ1n) is 4.52. The molecule has 0 amide bonds. The molecule has 0 bridgehead atoms. The van der Waals surface area contributed by atoms with Crippen molar-refractivity contribution >= 4 is 24.1 Å². The Balaban J connectivity index is -0.0000000284. The van der Waals surface area contributed by atoms with Gasteiger partial charge in [0, 0.05) is 0 Å². The van der Waals surface area contributed by atoms with Crippen LogP contribution in [-0.2, 0) is 61.3 Å². The van der Waals surface area contributed by atoms with E-state index in [9.17, 15) is 9.59 Å². The Morgan fingerprint density at radius 1 is 0.889 bits per heavy atom. The predicted molar refractivity (Wildman–Crippen MR) is 64.0 cm³/mol. The maximum absolute atomic E-state index is 10.0. The zero-order valence-electron chi connectivity index (χ0n) is 11.3. The summed E-state index contributed by atoms with van der Waals surface area (Å²) in [6.45, 7) is 12.2. The Labute approximate surface area is 139 Å². The molecule has 104 valence electrons. The average Bonchev–Trinajstić information content (AvgIpc) is 2.04. The monoisotopic (exact) mass is 596 g/mol. The van der Waals surface area contributed by atoms with Crippen LogP contribution in [-0.4, -0.2) is 24.1 Å². The molecule has 0 unspecified atom stereocenters. The minimum absolute atomic E-state index is 0. The van der Waals surface area contributed by atoms with Crippen LogP contribution in [0, 0.1) is 13.8 Å². The number of carbonyl (C=O) groups excluding carboxylic acids is 4. The summed E-state index contributed by atoms with van der Waals surface area (Å²) >= 11 is 0.